The fourth-order valence-electron chi connectivity index (χ4n) is 5.48. The van der Waals surface area contributed by atoms with Crippen molar-refractivity contribution in [1.29, 1.82) is 0 Å². The highest BCUT2D eigenvalue weighted by Gasteiger charge is 2.46. The maximum absolute atomic E-state index is 13.5. The number of anilines is 1. The maximum atomic E-state index is 13.5. The highest BCUT2D eigenvalue weighted by Crippen LogP contribution is 2.50. The summed E-state index contributed by atoms with van der Waals surface area (Å²) in [6, 6.07) is 9.23. The molecule has 1 amide bonds. The first-order valence-electron chi connectivity index (χ1n) is 13.2. The molecule has 9 heteroatoms. The second kappa shape index (κ2) is 11.5. The number of aryl methyl sites for hydroxylation is 3. The van der Waals surface area contributed by atoms with Gasteiger partial charge in [-0.05, 0) is 62.4 Å². The molecular formula is C31H35BrN2O6. The molecular weight excluding hydrogens is 576 g/mol. The molecule has 1 heterocycles. The molecule has 0 radical (unpaired) electrons. The number of Topliss-reactive ketones (excluding diaryl/α,β-unsaturated/α-hetero) is 1. The van der Waals surface area contributed by atoms with Crippen molar-refractivity contribution in [2.24, 2.45) is 11.1 Å². The molecule has 0 saturated heterocycles. The number of allylic oxidation sites excluding steroid dienone is 2. The lowest BCUT2D eigenvalue weighted by molar-refractivity contribution is -0.139. The molecule has 0 spiro atoms. The summed E-state index contributed by atoms with van der Waals surface area (Å²) in [5.41, 5.74) is 10.6. The Kier molecular flexibility index (Phi) is 8.44. The highest BCUT2D eigenvalue weighted by atomic mass is 79.9. The predicted molar refractivity (Wildman–Crippen MR) is 156 cm³/mol. The number of ether oxygens (including phenoxy) is 3. The Morgan fingerprint density at radius 2 is 1.80 bits per heavy atom. The first-order chi connectivity index (χ1) is 18.8. The Bertz CT molecular complexity index is 1430. The van der Waals surface area contributed by atoms with Crippen LogP contribution >= 0.6 is 15.9 Å². The molecule has 0 bridgehead atoms. The summed E-state index contributed by atoms with van der Waals surface area (Å²) in [4.78, 5) is 39.7. The van der Waals surface area contributed by atoms with Gasteiger partial charge in [0, 0.05) is 34.1 Å². The third kappa shape index (κ3) is 6.09. The van der Waals surface area contributed by atoms with Crippen molar-refractivity contribution in [3.8, 4) is 5.75 Å². The molecule has 1 atom stereocenters. The summed E-state index contributed by atoms with van der Waals surface area (Å²) >= 11 is 3.50. The number of nitrogens with two attached hydrogens (primary N) is 1. The van der Waals surface area contributed by atoms with Crippen LogP contribution in [0.25, 0.3) is 0 Å². The summed E-state index contributed by atoms with van der Waals surface area (Å²) in [5, 5.41) is 2.94. The van der Waals surface area contributed by atoms with E-state index in [1.54, 1.807) is 25.1 Å². The van der Waals surface area contributed by atoms with Crippen molar-refractivity contribution in [2.75, 3.05) is 18.5 Å². The molecule has 3 N–H and O–H groups in total. The van der Waals surface area contributed by atoms with Gasteiger partial charge < -0.3 is 25.3 Å². The van der Waals surface area contributed by atoms with Gasteiger partial charge in [-0.1, -0.05) is 47.5 Å². The second-order valence-corrected chi connectivity index (χ2v) is 12.0. The van der Waals surface area contributed by atoms with E-state index in [2.05, 4.69) is 21.2 Å². The smallest absolute Gasteiger partial charge is 0.340 e. The van der Waals surface area contributed by atoms with Crippen LogP contribution in [-0.2, 0) is 23.9 Å². The molecule has 2 aromatic rings. The van der Waals surface area contributed by atoms with Gasteiger partial charge in [0.05, 0.1) is 12.5 Å². The summed E-state index contributed by atoms with van der Waals surface area (Å²) in [6.07, 6.45) is 0.757. The topological polar surface area (TPSA) is 117 Å². The molecule has 1 aliphatic carbocycles. The van der Waals surface area contributed by atoms with Crippen molar-refractivity contribution >= 4 is 39.3 Å². The third-order valence-electron chi connectivity index (χ3n) is 7.03. The van der Waals surface area contributed by atoms with Gasteiger partial charge in [-0.3, -0.25) is 9.59 Å². The zero-order chi connectivity index (χ0) is 29.4. The first kappa shape index (κ1) is 29.4. The van der Waals surface area contributed by atoms with Crippen LogP contribution < -0.4 is 15.8 Å². The minimum atomic E-state index is -0.886. The molecule has 1 aliphatic heterocycles. The number of carbonyl (C=O) groups is 3. The van der Waals surface area contributed by atoms with Crippen LogP contribution in [0.5, 0.6) is 5.75 Å². The van der Waals surface area contributed by atoms with Gasteiger partial charge >= 0.3 is 5.97 Å². The number of amides is 1. The molecule has 4 rings (SSSR count). The van der Waals surface area contributed by atoms with Crippen LogP contribution in [0.15, 0.2) is 57.6 Å². The zero-order valence-electron chi connectivity index (χ0n) is 23.7. The SMILES string of the molecule is CCOC(=O)C1=C(N)OC2=C(C(=O)CC(C)(C)C2)C1c1cc(Br)ccc1OCC(=O)Nc1c(C)cc(C)cc1C. The predicted octanol–water partition coefficient (Wildman–Crippen LogP) is 5.88. The number of benzene rings is 2. The van der Waals surface area contributed by atoms with Gasteiger partial charge in [0.1, 0.15) is 17.1 Å². The van der Waals surface area contributed by atoms with Crippen molar-refractivity contribution < 1.29 is 28.6 Å². The fourth-order valence-corrected chi connectivity index (χ4v) is 5.85. The Morgan fingerprint density at radius 3 is 2.45 bits per heavy atom. The van der Waals surface area contributed by atoms with E-state index < -0.39 is 11.9 Å². The van der Waals surface area contributed by atoms with Gasteiger partial charge in [0.15, 0.2) is 12.4 Å². The number of ketones is 1. The molecule has 0 saturated carbocycles. The lowest BCUT2D eigenvalue weighted by atomic mass is 9.70. The fraction of sp³-hybridized carbons (Fsp3) is 0.387. The number of hydrogen-bond donors (Lipinski definition) is 2. The highest BCUT2D eigenvalue weighted by molar-refractivity contribution is 9.10. The summed E-state index contributed by atoms with van der Waals surface area (Å²) < 4.78 is 17.9. The third-order valence-corrected chi connectivity index (χ3v) is 7.53. The minimum absolute atomic E-state index is 0.0342. The average Bonchev–Trinajstić information content (AvgIpc) is 2.83. The Labute approximate surface area is 243 Å². The standard InChI is InChI=1S/C31H35BrN2O6/c1-7-38-30(37)27-25(26-21(35)13-31(5,6)14-23(26)40-29(27)33)20-12-19(32)8-9-22(20)39-15-24(36)34-28-17(3)10-16(2)11-18(28)4/h8-12,25H,7,13-15,33H2,1-6H3,(H,34,36). The van der Waals surface area contributed by atoms with Crippen molar-refractivity contribution in [1.82, 2.24) is 0 Å². The quantitative estimate of drug-likeness (QED) is 0.376. The molecule has 8 nitrogen and oxygen atoms in total. The number of hydrogen-bond acceptors (Lipinski definition) is 7. The molecule has 0 aromatic heterocycles. The molecule has 1 unspecified atom stereocenters. The second-order valence-electron chi connectivity index (χ2n) is 11.1. The van der Waals surface area contributed by atoms with Gasteiger partial charge in [-0.15, -0.1) is 0 Å². The summed E-state index contributed by atoms with van der Waals surface area (Å²) in [6.45, 7) is 11.4. The summed E-state index contributed by atoms with van der Waals surface area (Å²) in [5.74, 6) is -1.38. The maximum Gasteiger partial charge on any atom is 0.340 e. The van der Waals surface area contributed by atoms with E-state index in [0.717, 1.165) is 22.4 Å². The number of nitrogens with one attached hydrogen (secondary N) is 1. The van der Waals surface area contributed by atoms with Crippen LogP contribution in [0.3, 0.4) is 0 Å². The van der Waals surface area contributed by atoms with E-state index in [0.29, 0.717) is 33.5 Å². The Hall–Kier alpha value is -3.59. The molecule has 40 heavy (non-hydrogen) atoms. The molecule has 212 valence electrons. The Morgan fingerprint density at radius 1 is 1.12 bits per heavy atom. The van der Waals surface area contributed by atoms with Crippen molar-refractivity contribution in [3.05, 3.63) is 79.8 Å². The lowest BCUT2D eigenvalue weighted by Gasteiger charge is -2.38. The number of esters is 1. The molecule has 2 aromatic carbocycles. The monoisotopic (exact) mass is 610 g/mol. The van der Waals surface area contributed by atoms with E-state index in [1.165, 1.54) is 0 Å². The average molecular weight is 612 g/mol. The lowest BCUT2D eigenvalue weighted by Crippen LogP contribution is -2.36. The van der Waals surface area contributed by atoms with Gasteiger partial charge in [0.25, 0.3) is 5.91 Å². The number of halogens is 1. The minimum Gasteiger partial charge on any atom is -0.483 e. The summed E-state index contributed by atoms with van der Waals surface area (Å²) in [7, 11) is 0. The zero-order valence-corrected chi connectivity index (χ0v) is 25.3. The van der Waals surface area contributed by atoms with E-state index in [4.69, 9.17) is 19.9 Å². The van der Waals surface area contributed by atoms with Crippen LogP contribution in [0.1, 0.15) is 61.8 Å². The Balaban J connectivity index is 1.73. The van der Waals surface area contributed by atoms with Crippen molar-refractivity contribution in [2.45, 2.75) is 60.3 Å². The largest absolute Gasteiger partial charge is 0.483 e. The van der Waals surface area contributed by atoms with E-state index in [9.17, 15) is 14.4 Å². The van der Waals surface area contributed by atoms with E-state index >= 15 is 0 Å². The molecule has 0 fully saturated rings. The first-order valence-corrected chi connectivity index (χ1v) is 14.0. The van der Waals surface area contributed by atoms with E-state index in [1.807, 2.05) is 46.8 Å². The van der Waals surface area contributed by atoms with Crippen LogP contribution in [0.4, 0.5) is 5.69 Å². The van der Waals surface area contributed by atoms with Gasteiger partial charge in [-0.2, -0.15) is 0 Å². The van der Waals surface area contributed by atoms with Crippen molar-refractivity contribution in [3.63, 3.8) is 0 Å². The van der Waals surface area contributed by atoms with Gasteiger partial charge in [0.2, 0.25) is 5.88 Å². The normalized spacial score (nSPS) is 18.2. The molecule has 2 aliphatic rings. The van der Waals surface area contributed by atoms with E-state index in [-0.39, 0.29) is 48.2 Å². The van der Waals surface area contributed by atoms with Crippen LogP contribution in [0, 0.1) is 26.2 Å². The van der Waals surface area contributed by atoms with Gasteiger partial charge in [-0.25, -0.2) is 4.79 Å². The number of rotatable bonds is 7. The number of carbonyl (C=O) groups excluding carboxylic acids is 3. The van der Waals surface area contributed by atoms with Crippen LogP contribution in [-0.4, -0.2) is 30.9 Å². The van der Waals surface area contributed by atoms with Crippen LogP contribution in [0.2, 0.25) is 0 Å².